The maximum atomic E-state index is 13.3. The Labute approximate surface area is 208 Å². The number of hydrogen-bond acceptors (Lipinski definition) is 7. The van der Waals surface area contributed by atoms with Gasteiger partial charge in [0.1, 0.15) is 5.75 Å². The first kappa shape index (κ1) is 25.3. The number of carbonyl (C=O) groups is 2. The lowest BCUT2D eigenvalue weighted by Crippen LogP contribution is -2.39. The lowest BCUT2D eigenvalue weighted by Gasteiger charge is -2.36. The standard InChI is InChI=1S/C27H31NO6S/c1-16(11-17-5-2-3-7-22(17)31)8-9-23(32)24-18(14-29)12-20-25(21(24)15-30)27(34)28(26(20)33)13-19-6-4-10-35-19/h2-7,10-11,20-21,23,25,29-32H,8-9,12-15H2,1H3/b16-11+/t20-,21+,23-,25-/m1/s1. The van der Waals surface area contributed by atoms with Gasteiger partial charge in [-0.05, 0) is 54.8 Å². The van der Waals surface area contributed by atoms with Crippen LogP contribution in [0.25, 0.3) is 6.08 Å². The fourth-order valence-electron chi connectivity index (χ4n) is 5.35. The molecule has 8 heteroatoms. The van der Waals surface area contributed by atoms with Crippen LogP contribution in [0, 0.1) is 17.8 Å². The molecule has 1 aliphatic heterocycles. The number of thiophene rings is 1. The monoisotopic (exact) mass is 497 g/mol. The van der Waals surface area contributed by atoms with Crippen LogP contribution in [0.4, 0.5) is 0 Å². The van der Waals surface area contributed by atoms with E-state index in [0.29, 0.717) is 29.6 Å². The third-order valence-electron chi connectivity index (χ3n) is 7.07. The quantitative estimate of drug-likeness (QED) is 0.312. The molecule has 0 bridgehead atoms. The minimum Gasteiger partial charge on any atom is -0.507 e. The summed E-state index contributed by atoms with van der Waals surface area (Å²) in [5.41, 5.74) is 2.63. The number of rotatable bonds is 9. The lowest BCUT2D eigenvalue weighted by molar-refractivity contribution is -0.140. The molecule has 4 rings (SSSR count). The molecule has 1 aliphatic carbocycles. The van der Waals surface area contributed by atoms with Crippen LogP contribution in [0.5, 0.6) is 5.75 Å². The minimum atomic E-state index is -0.975. The van der Waals surface area contributed by atoms with Crippen LogP contribution in [0.1, 0.15) is 36.6 Å². The van der Waals surface area contributed by atoms with Crippen molar-refractivity contribution in [2.45, 2.75) is 38.8 Å². The Balaban J connectivity index is 1.53. The number of carbonyl (C=O) groups excluding carboxylic acids is 2. The molecule has 186 valence electrons. The first-order chi connectivity index (χ1) is 16.8. The van der Waals surface area contributed by atoms with E-state index in [1.165, 1.54) is 16.2 Å². The molecule has 2 amide bonds. The van der Waals surface area contributed by atoms with E-state index in [1.54, 1.807) is 18.2 Å². The zero-order chi connectivity index (χ0) is 25.1. The van der Waals surface area contributed by atoms with Gasteiger partial charge >= 0.3 is 0 Å². The van der Waals surface area contributed by atoms with Crippen LogP contribution in [0.2, 0.25) is 0 Å². The molecule has 1 fully saturated rings. The molecule has 4 N–H and O–H groups in total. The third-order valence-corrected chi connectivity index (χ3v) is 7.93. The molecule has 2 heterocycles. The molecule has 35 heavy (non-hydrogen) atoms. The predicted molar refractivity (Wildman–Crippen MR) is 133 cm³/mol. The lowest BCUT2D eigenvalue weighted by atomic mass is 9.68. The van der Waals surface area contributed by atoms with Crippen molar-refractivity contribution in [3.8, 4) is 5.75 Å². The molecule has 1 aromatic heterocycles. The molecule has 2 aromatic rings. The molecular weight excluding hydrogens is 466 g/mol. The van der Waals surface area contributed by atoms with Crippen molar-refractivity contribution in [1.29, 1.82) is 0 Å². The molecule has 1 aromatic carbocycles. The van der Waals surface area contributed by atoms with E-state index in [4.69, 9.17) is 0 Å². The van der Waals surface area contributed by atoms with Crippen LogP contribution in [0.3, 0.4) is 0 Å². The van der Waals surface area contributed by atoms with Crippen molar-refractivity contribution >= 4 is 29.2 Å². The Kier molecular flexibility index (Phi) is 7.86. The van der Waals surface area contributed by atoms with E-state index >= 15 is 0 Å². The zero-order valence-corrected chi connectivity index (χ0v) is 20.4. The van der Waals surface area contributed by atoms with E-state index in [0.717, 1.165) is 10.5 Å². The fourth-order valence-corrected chi connectivity index (χ4v) is 6.04. The number of phenolic OH excluding ortho intramolecular Hbond substituents is 1. The van der Waals surface area contributed by atoms with Crippen LogP contribution in [-0.4, -0.2) is 56.5 Å². The number of allylic oxidation sites excluding steroid dienone is 1. The number of para-hydroxylation sites is 1. The average molecular weight is 498 g/mol. The van der Waals surface area contributed by atoms with Gasteiger partial charge in [-0.1, -0.05) is 35.9 Å². The highest BCUT2D eigenvalue weighted by Crippen LogP contribution is 2.46. The van der Waals surface area contributed by atoms with Gasteiger partial charge in [-0.15, -0.1) is 11.3 Å². The van der Waals surface area contributed by atoms with Crippen LogP contribution >= 0.6 is 11.3 Å². The number of amides is 2. The highest BCUT2D eigenvalue weighted by atomic mass is 32.1. The molecule has 1 saturated heterocycles. The van der Waals surface area contributed by atoms with Crippen LogP contribution in [-0.2, 0) is 16.1 Å². The van der Waals surface area contributed by atoms with Crippen molar-refractivity contribution in [2.75, 3.05) is 13.2 Å². The van der Waals surface area contributed by atoms with Crippen LogP contribution < -0.4 is 0 Å². The largest absolute Gasteiger partial charge is 0.507 e. The zero-order valence-electron chi connectivity index (χ0n) is 19.6. The number of benzene rings is 1. The Morgan fingerprint density at radius 2 is 1.94 bits per heavy atom. The van der Waals surface area contributed by atoms with Crippen molar-refractivity contribution < 1.29 is 30.0 Å². The number of aliphatic hydroxyl groups excluding tert-OH is 3. The summed E-state index contributed by atoms with van der Waals surface area (Å²) in [5.74, 6) is -2.55. The summed E-state index contributed by atoms with van der Waals surface area (Å²) in [6.07, 6.45) is 1.91. The number of phenols is 1. The van der Waals surface area contributed by atoms with E-state index in [2.05, 4.69) is 0 Å². The van der Waals surface area contributed by atoms with Gasteiger partial charge in [-0.2, -0.15) is 0 Å². The number of aromatic hydroxyl groups is 1. The fraction of sp³-hybridized carbons (Fsp3) is 0.407. The molecule has 2 aliphatic rings. The second-order valence-electron chi connectivity index (χ2n) is 9.29. The summed E-state index contributed by atoms with van der Waals surface area (Å²) in [6.45, 7) is 1.37. The molecule has 0 saturated carbocycles. The second kappa shape index (κ2) is 10.9. The average Bonchev–Trinajstić information content (AvgIpc) is 3.45. The van der Waals surface area contributed by atoms with Gasteiger partial charge in [0.25, 0.3) is 0 Å². The van der Waals surface area contributed by atoms with Crippen molar-refractivity contribution in [2.24, 2.45) is 17.8 Å². The summed E-state index contributed by atoms with van der Waals surface area (Å²) in [5, 5.41) is 43.4. The van der Waals surface area contributed by atoms with Crippen molar-refractivity contribution in [1.82, 2.24) is 4.90 Å². The number of hydrogen-bond donors (Lipinski definition) is 4. The minimum absolute atomic E-state index is 0.174. The molecule has 0 spiro atoms. The smallest absolute Gasteiger partial charge is 0.234 e. The number of aliphatic hydroxyl groups is 3. The summed E-state index contributed by atoms with van der Waals surface area (Å²) in [7, 11) is 0. The molecular formula is C27H31NO6S. The Bertz CT molecular complexity index is 1140. The maximum Gasteiger partial charge on any atom is 0.234 e. The molecule has 7 nitrogen and oxygen atoms in total. The Morgan fingerprint density at radius 3 is 2.60 bits per heavy atom. The highest BCUT2D eigenvalue weighted by molar-refractivity contribution is 7.09. The van der Waals surface area contributed by atoms with E-state index in [9.17, 15) is 30.0 Å². The van der Waals surface area contributed by atoms with E-state index < -0.39 is 30.5 Å². The maximum absolute atomic E-state index is 13.3. The normalized spacial score (nSPS) is 23.7. The highest BCUT2D eigenvalue weighted by Gasteiger charge is 2.54. The van der Waals surface area contributed by atoms with Gasteiger partial charge in [-0.25, -0.2) is 0 Å². The third kappa shape index (κ3) is 5.11. The first-order valence-electron chi connectivity index (χ1n) is 11.8. The van der Waals surface area contributed by atoms with Crippen LogP contribution in [0.15, 0.2) is 58.5 Å². The Morgan fingerprint density at radius 1 is 1.17 bits per heavy atom. The predicted octanol–water partition coefficient (Wildman–Crippen LogP) is 3.10. The number of imide groups is 1. The Hall–Kier alpha value is -2.78. The van der Waals surface area contributed by atoms with E-state index in [1.807, 2.05) is 36.6 Å². The van der Waals surface area contributed by atoms with E-state index in [-0.39, 0.29) is 37.1 Å². The van der Waals surface area contributed by atoms with Gasteiger partial charge in [0.05, 0.1) is 37.7 Å². The number of likely N-dealkylation sites (tertiary alicyclic amines) is 1. The summed E-state index contributed by atoms with van der Waals surface area (Å²) in [6, 6.07) is 10.7. The molecule has 4 atom stereocenters. The van der Waals surface area contributed by atoms with Crippen molar-refractivity contribution in [3.63, 3.8) is 0 Å². The topological polar surface area (TPSA) is 118 Å². The first-order valence-corrected chi connectivity index (χ1v) is 12.7. The summed E-state index contributed by atoms with van der Waals surface area (Å²) in [4.78, 5) is 28.6. The number of fused-ring (bicyclic) bond motifs is 1. The molecule has 0 radical (unpaired) electrons. The van der Waals surface area contributed by atoms with Gasteiger partial charge in [0, 0.05) is 16.4 Å². The SMILES string of the molecule is C/C(=C\c1ccccc1O)CC[C@@H](O)C1=C(CO)C[C@H]2C(=O)N(Cc3cccs3)C(=O)[C@H]2[C@H]1CO. The number of nitrogens with zero attached hydrogens (tertiary/aromatic N) is 1. The van der Waals surface area contributed by atoms with Gasteiger partial charge in [0.15, 0.2) is 0 Å². The summed E-state index contributed by atoms with van der Waals surface area (Å²) < 4.78 is 0. The van der Waals surface area contributed by atoms with Crippen molar-refractivity contribution in [3.05, 3.63) is 68.9 Å². The van der Waals surface area contributed by atoms with Gasteiger partial charge < -0.3 is 20.4 Å². The second-order valence-corrected chi connectivity index (χ2v) is 10.3. The van der Waals surface area contributed by atoms with Gasteiger partial charge in [-0.3, -0.25) is 14.5 Å². The summed E-state index contributed by atoms with van der Waals surface area (Å²) >= 11 is 1.47. The molecule has 0 unspecified atom stereocenters. The van der Waals surface area contributed by atoms with Gasteiger partial charge in [0.2, 0.25) is 11.8 Å².